The maximum Gasteiger partial charge on any atom is 0.0406 e. The minimum Gasteiger partial charge on any atom is -0.258 e. The van der Waals surface area contributed by atoms with Gasteiger partial charge in [0.15, 0.2) is 0 Å². The number of hydrogen-bond donors (Lipinski definition) is 0. The van der Waals surface area contributed by atoms with Gasteiger partial charge in [-0.05, 0) is 25.0 Å². The van der Waals surface area contributed by atoms with Crippen LogP contribution in [0.4, 0.5) is 0 Å². The molecule has 0 atom stereocenters. The van der Waals surface area contributed by atoms with E-state index in [9.17, 15) is 0 Å². The monoisotopic (exact) mass is 163 g/mol. The normalized spacial score (nSPS) is 10.2. The quantitative estimate of drug-likeness (QED) is 0.665. The Labute approximate surface area is 74.8 Å². The highest BCUT2D eigenvalue weighted by molar-refractivity contribution is 5.11. The van der Waals surface area contributed by atoms with Gasteiger partial charge in [0.1, 0.15) is 0 Å². The molecule has 1 rings (SSSR count). The molecule has 0 fully saturated rings. The Kier molecular flexibility index (Phi) is 3.78. The Morgan fingerprint density at radius 3 is 1.92 bits per heavy atom. The zero-order valence-corrected chi connectivity index (χ0v) is 8.01. The first-order valence-corrected chi connectivity index (χ1v) is 4.81. The maximum absolute atomic E-state index is 4.55. The van der Waals surface area contributed by atoms with E-state index in [0.717, 1.165) is 12.8 Å². The van der Waals surface area contributed by atoms with Crippen LogP contribution in [0.3, 0.4) is 0 Å². The highest BCUT2D eigenvalue weighted by atomic mass is 14.7. The summed E-state index contributed by atoms with van der Waals surface area (Å²) in [5.41, 5.74) is 2.48. The largest absolute Gasteiger partial charge is 0.258 e. The average molecular weight is 163 g/mol. The van der Waals surface area contributed by atoms with Crippen molar-refractivity contribution in [3.8, 4) is 0 Å². The SMILES string of the molecule is CCCc1cccc(CCC)n1. The van der Waals surface area contributed by atoms with E-state index in [4.69, 9.17) is 0 Å². The number of hydrogen-bond acceptors (Lipinski definition) is 1. The van der Waals surface area contributed by atoms with Crippen molar-refractivity contribution in [1.29, 1.82) is 0 Å². The van der Waals surface area contributed by atoms with Crippen LogP contribution >= 0.6 is 0 Å². The summed E-state index contributed by atoms with van der Waals surface area (Å²) in [6, 6.07) is 6.34. The summed E-state index contributed by atoms with van der Waals surface area (Å²) in [5.74, 6) is 0. The summed E-state index contributed by atoms with van der Waals surface area (Å²) in [7, 11) is 0. The van der Waals surface area contributed by atoms with Crippen LogP contribution in [0.5, 0.6) is 0 Å². The van der Waals surface area contributed by atoms with E-state index in [-0.39, 0.29) is 0 Å². The molecule has 0 aromatic carbocycles. The highest BCUT2D eigenvalue weighted by Gasteiger charge is 1.95. The van der Waals surface area contributed by atoms with Crippen LogP contribution in [0.15, 0.2) is 18.2 Å². The molecule has 1 nitrogen and oxygen atoms in total. The first-order valence-electron chi connectivity index (χ1n) is 4.81. The van der Waals surface area contributed by atoms with Crippen LogP contribution in [0.2, 0.25) is 0 Å². The van der Waals surface area contributed by atoms with Crippen molar-refractivity contribution in [2.75, 3.05) is 0 Å². The van der Waals surface area contributed by atoms with E-state index in [1.165, 1.54) is 24.2 Å². The van der Waals surface area contributed by atoms with Gasteiger partial charge in [0, 0.05) is 11.4 Å². The molecule has 0 bridgehead atoms. The molecule has 0 saturated carbocycles. The molecule has 0 unspecified atom stereocenters. The second kappa shape index (κ2) is 4.91. The number of nitrogens with zero attached hydrogens (tertiary/aromatic N) is 1. The fourth-order valence-electron chi connectivity index (χ4n) is 1.32. The molecule has 0 spiro atoms. The van der Waals surface area contributed by atoms with Crippen LogP contribution < -0.4 is 0 Å². The van der Waals surface area contributed by atoms with E-state index in [1.807, 2.05) is 0 Å². The molecule has 0 radical (unpaired) electrons. The third-order valence-electron chi connectivity index (χ3n) is 1.88. The fraction of sp³-hybridized carbons (Fsp3) is 0.545. The summed E-state index contributed by atoms with van der Waals surface area (Å²) in [6.45, 7) is 4.38. The van der Waals surface area contributed by atoms with Gasteiger partial charge in [0.2, 0.25) is 0 Å². The fourth-order valence-corrected chi connectivity index (χ4v) is 1.32. The van der Waals surface area contributed by atoms with E-state index >= 15 is 0 Å². The average Bonchev–Trinajstić information content (AvgIpc) is 2.06. The molecule has 0 aliphatic rings. The molecule has 1 heteroatoms. The van der Waals surface area contributed by atoms with Gasteiger partial charge >= 0.3 is 0 Å². The summed E-state index contributed by atoms with van der Waals surface area (Å²) < 4.78 is 0. The predicted octanol–water partition coefficient (Wildman–Crippen LogP) is 2.99. The summed E-state index contributed by atoms with van der Waals surface area (Å²) in [5, 5.41) is 0. The first kappa shape index (κ1) is 9.24. The van der Waals surface area contributed by atoms with Crippen molar-refractivity contribution in [2.45, 2.75) is 39.5 Å². The molecule has 1 aromatic heterocycles. The second-order valence-corrected chi connectivity index (χ2v) is 3.12. The van der Waals surface area contributed by atoms with Gasteiger partial charge in [-0.2, -0.15) is 0 Å². The summed E-state index contributed by atoms with van der Waals surface area (Å²) in [4.78, 5) is 4.55. The first-order chi connectivity index (χ1) is 5.86. The zero-order valence-electron chi connectivity index (χ0n) is 8.01. The van der Waals surface area contributed by atoms with Crippen molar-refractivity contribution in [3.63, 3.8) is 0 Å². The third-order valence-corrected chi connectivity index (χ3v) is 1.88. The van der Waals surface area contributed by atoms with Crippen LogP contribution in [0, 0.1) is 0 Å². The Morgan fingerprint density at radius 1 is 1.00 bits per heavy atom. The molecule has 66 valence electrons. The molecular weight excluding hydrogens is 146 g/mol. The van der Waals surface area contributed by atoms with Gasteiger partial charge in [-0.25, -0.2) is 0 Å². The Bertz CT molecular complexity index is 209. The number of aryl methyl sites for hydroxylation is 2. The van der Waals surface area contributed by atoms with E-state index < -0.39 is 0 Å². The van der Waals surface area contributed by atoms with Gasteiger partial charge < -0.3 is 0 Å². The minimum atomic E-state index is 1.11. The second-order valence-electron chi connectivity index (χ2n) is 3.12. The molecule has 0 amide bonds. The van der Waals surface area contributed by atoms with Crippen LogP contribution in [0.1, 0.15) is 38.1 Å². The van der Waals surface area contributed by atoms with Crippen molar-refractivity contribution in [1.82, 2.24) is 4.98 Å². The number of rotatable bonds is 4. The molecule has 12 heavy (non-hydrogen) atoms. The molecule has 1 aromatic rings. The van der Waals surface area contributed by atoms with Crippen molar-refractivity contribution >= 4 is 0 Å². The number of pyridine rings is 1. The third kappa shape index (κ3) is 2.65. The molecule has 1 heterocycles. The van der Waals surface area contributed by atoms with Crippen LogP contribution in [-0.4, -0.2) is 4.98 Å². The lowest BCUT2D eigenvalue weighted by molar-refractivity contribution is 0.831. The van der Waals surface area contributed by atoms with Gasteiger partial charge in [0.05, 0.1) is 0 Å². The Hall–Kier alpha value is -0.850. The molecule has 0 aliphatic carbocycles. The number of aromatic nitrogens is 1. The van der Waals surface area contributed by atoms with E-state index in [2.05, 4.69) is 37.0 Å². The van der Waals surface area contributed by atoms with Gasteiger partial charge in [-0.15, -0.1) is 0 Å². The van der Waals surface area contributed by atoms with Gasteiger partial charge in [-0.1, -0.05) is 32.8 Å². The Morgan fingerprint density at radius 2 is 1.50 bits per heavy atom. The van der Waals surface area contributed by atoms with Gasteiger partial charge in [0.25, 0.3) is 0 Å². The lowest BCUT2D eigenvalue weighted by Gasteiger charge is -2.01. The topological polar surface area (TPSA) is 12.9 Å². The molecule has 0 saturated heterocycles. The standard InChI is InChI=1S/C11H17N/c1-3-6-10-8-5-9-11(12-10)7-4-2/h5,8-9H,3-4,6-7H2,1-2H3. The highest BCUT2D eigenvalue weighted by Crippen LogP contribution is 2.03. The molecule has 0 N–H and O–H groups in total. The summed E-state index contributed by atoms with van der Waals surface area (Å²) in [6.07, 6.45) is 4.58. The lowest BCUT2D eigenvalue weighted by atomic mass is 10.2. The van der Waals surface area contributed by atoms with Crippen LogP contribution in [-0.2, 0) is 12.8 Å². The van der Waals surface area contributed by atoms with Crippen molar-refractivity contribution in [2.24, 2.45) is 0 Å². The maximum atomic E-state index is 4.55. The van der Waals surface area contributed by atoms with Crippen molar-refractivity contribution < 1.29 is 0 Å². The Balaban J connectivity index is 2.67. The molecular formula is C11H17N. The van der Waals surface area contributed by atoms with E-state index in [0.29, 0.717) is 0 Å². The smallest absolute Gasteiger partial charge is 0.0406 e. The minimum absolute atomic E-state index is 1.11. The van der Waals surface area contributed by atoms with Crippen molar-refractivity contribution in [3.05, 3.63) is 29.6 Å². The predicted molar refractivity (Wildman–Crippen MR) is 52.2 cm³/mol. The lowest BCUT2D eigenvalue weighted by Crippen LogP contribution is -1.94. The van der Waals surface area contributed by atoms with Gasteiger partial charge in [-0.3, -0.25) is 4.98 Å². The van der Waals surface area contributed by atoms with E-state index in [1.54, 1.807) is 0 Å². The zero-order chi connectivity index (χ0) is 8.81. The summed E-state index contributed by atoms with van der Waals surface area (Å²) >= 11 is 0. The molecule has 0 aliphatic heterocycles. The van der Waals surface area contributed by atoms with Crippen LogP contribution in [0.25, 0.3) is 0 Å².